The van der Waals surface area contributed by atoms with Gasteiger partial charge in [-0.3, -0.25) is 4.21 Å². The van der Waals surface area contributed by atoms with Crippen LogP contribution in [0.4, 0.5) is 0 Å². The summed E-state index contributed by atoms with van der Waals surface area (Å²) in [5, 5.41) is 1.61. The van der Waals surface area contributed by atoms with E-state index in [2.05, 4.69) is 4.74 Å². The van der Waals surface area contributed by atoms with Crippen molar-refractivity contribution >= 4 is 36.7 Å². The molecule has 0 heterocycles. The first-order valence-electron chi connectivity index (χ1n) is 6.82. The molecule has 0 saturated carbocycles. The Hall–Kier alpha value is -1.35. The van der Waals surface area contributed by atoms with E-state index in [0.717, 1.165) is 18.4 Å². The van der Waals surface area contributed by atoms with Gasteiger partial charge in [-0.15, -0.1) is 0 Å². The number of hydrogen-bond donors (Lipinski definition) is 0. The second kappa shape index (κ2) is 9.71. The van der Waals surface area contributed by atoms with Gasteiger partial charge in [0.2, 0.25) is 0 Å². The average Bonchev–Trinajstić information content (AvgIpc) is 2.39. The minimum atomic E-state index is -3.12. The summed E-state index contributed by atoms with van der Waals surface area (Å²) in [7, 11) is -4.08. The van der Waals surface area contributed by atoms with Gasteiger partial charge in [0.15, 0.2) is 0 Å². The van der Waals surface area contributed by atoms with E-state index in [1.165, 1.54) is 7.11 Å². The number of carbonyl (C=O) groups excluding carboxylic acids is 2. The summed E-state index contributed by atoms with van der Waals surface area (Å²) < 4.78 is 43.6. The third-order valence-electron chi connectivity index (χ3n) is 2.67. The highest BCUT2D eigenvalue weighted by Crippen LogP contribution is 2.09. The molecule has 0 spiro atoms. The van der Waals surface area contributed by atoms with Gasteiger partial charge in [0.25, 0.3) is 0 Å². The Labute approximate surface area is 138 Å². The summed E-state index contributed by atoms with van der Waals surface area (Å²) in [6, 6.07) is 0. The van der Waals surface area contributed by atoms with Gasteiger partial charge in [-0.1, -0.05) is 0 Å². The second-order valence-corrected chi connectivity index (χ2v) is 10.6. The molecule has 1 atom stereocenters. The third kappa shape index (κ3) is 14.0. The normalized spacial score (nSPS) is 13.6. The lowest BCUT2D eigenvalue weighted by molar-refractivity contribution is -0.139. The van der Waals surface area contributed by atoms with Crippen LogP contribution >= 0.6 is 0 Å². The zero-order valence-electron chi connectivity index (χ0n) is 13.8. The zero-order valence-corrected chi connectivity index (χ0v) is 15.4. The Balaban J connectivity index is 4.56. The first-order chi connectivity index (χ1) is 10.4. The van der Waals surface area contributed by atoms with Gasteiger partial charge in [0, 0.05) is 30.9 Å². The summed E-state index contributed by atoms with van der Waals surface area (Å²) in [5.74, 6) is -1.64. The Kier molecular flexibility index (Phi) is 9.14. The monoisotopic (exact) mass is 368 g/mol. The van der Waals surface area contributed by atoms with Gasteiger partial charge in [-0.05, 0) is 33.6 Å². The molecule has 134 valence electrons. The van der Waals surface area contributed by atoms with Crippen molar-refractivity contribution in [2.75, 3.05) is 38.2 Å². The first kappa shape index (κ1) is 21.6. The maximum atomic E-state index is 11.9. The Morgan fingerprint density at radius 1 is 1.00 bits per heavy atom. The fourth-order valence-electron chi connectivity index (χ4n) is 1.67. The van der Waals surface area contributed by atoms with Crippen molar-refractivity contribution in [1.29, 1.82) is 0 Å². The van der Waals surface area contributed by atoms with Crippen molar-refractivity contribution in [3.63, 3.8) is 0 Å². The van der Waals surface area contributed by atoms with Gasteiger partial charge < -0.3 is 9.47 Å². The quantitative estimate of drug-likeness (QED) is 0.322. The zero-order chi connectivity index (χ0) is 18.1. The first-order valence-corrected chi connectivity index (χ1v) is 11.3. The molecule has 0 aromatic carbocycles. The number of methoxy groups -OCH3 is 1. The van der Waals surface area contributed by atoms with E-state index < -0.39 is 31.3 Å². The lowest BCUT2D eigenvalue weighted by Gasteiger charge is -2.13. The fraction of sp³-hybridized carbons (Fsp3) is 0.643. The molecule has 23 heavy (non-hydrogen) atoms. The van der Waals surface area contributed by atoms with Crippen LogP contribution in [0.25, 0.3) is 0 Å². The van der Waals surface area contributed by atoms with Gasteiger partial charge in [-0.25, -0.2) is 18.0 Å². The molecule has 0 N–H and O–H groups in total. The Morgan fingerprint density at radius 2 is 1.57 bits per heavy atom. The predicted molar refractivity (Wildman–Crippen MR) is 90.6 cm³/mol. The maximum absolute atomic E-state index is 11.9. The highest BCUT2D eigenvalue weighted by molar-refractivity contribution is 8.00. The largest absolute Gasteiger partial charge is 0.466 e. The molecule has 0 fully saturated rings. The summed E-state index contributed by atoms with van der Waals surface area (Å²) in [6.07, 6.45) is 6.82. The van der Waals surface area contributed by atoms with Crippen molar-refractivity contribution in [3.8, 4) is 0 Å². The number of ether oxygens (including phenoxy) is 2. The highest BCUT2D eigenvalue weighted by Gasteiger charge is 2.13. The highest BCUT2D eigenvalue weighted by atomic mass is 32.2. The van der Waals surface area contributed by atoms with Crippen LogP contribution in [0.1, 0.15) is 12.8 Å². The third-order valence-corrected chi connectivity index (χ3v) is 4.69. The molecule has 1 unspecified atom stereocenters. The molecule has 9 heteroatoms. The van der Waals surface area contributed by atoms with Crippen LogP contribution in [-0.4, -0.2) is 68.2 Å². The fourth-order valence-corrected chi connectivity index (χ4v) is 3.60. The molecule has 0 aliphatic rings. The molecule has 0 bridgehead atoms. The number of esters is 2. The van der Waals surface area contributed by atoms with Crippen molar-refractivity contribution in [3.05, 3.63) is 12.2 Å². The molecule has 0 amide bonds. The van der Waals surface area contributed by atoms with Crippen LogP contribution in [0.3, 0.4) is 0 Å². The van der Waals surface area contributed by atoms with Crippen LogP contribution < -0.4 is 0 Å². The molecule has 0 aliphatic carbocycles. The summed E-state index contributed by atoms with van der Waals surface area (Å²) in [6.45, 7) is 0.0325. The molecule has 0 aromatic rings. The lowest BCUT2D eigenvalue weighted by Crippen LogP contribution is -2.17. The van der Waals surface area contributed by atoms with E-state index in [9.17, 15) is 22.2 Å². The number of rotatable bonds is 9. The standard InChI is InChI=1S/C14H24O7S2/c1-20-13(15)5-6-14(16)21-9-7-12(11-22(2,3)17)8-10-23(4,18)19/h5-6,11-12H,7-10H2,1-4H3. The molecule has 0 aromatic heterocycles. The number of hydrogen-bond acceptors (Lipinski definition) is 7. The second-order valence-electron chi connectivity index (χ2n) is 5.44. The topological polar surface area (TPSA) is 104 Å². The predicted octanol–water partition coefficient (Wildman–Crippen LogP) is 0.0460. The maximum Gasteiger partial charge on any atom is 0.331 e. The molecule has 7 nitrogen and oxygen atoms in total. The van der Waals surface area contributed by atoms with E-state index >= 15 is 0 Å². The van der Waals surface area contributed by atoms with Gasteiger partial charge >= 0.3 is 11.9 Å². The van der Waals surface area contributed by atoms with E-state index in [1.54, 1.807) is 17.9 Å². The molecular formula is C14H24O7S2. The van der Waals surface area contributed by atoms with Gasteiger partial charge in [-0.2, -0.15) is 0 Å². The van der Waals surface area contributed by atoms with Crippen LogP contribution in [-0.2, 0) is 38.4 Å². The van der Waals surface area contributed by atoms with Crippen molar-refractivity contribution < 1.29 is 31.7 Å². The smallest absolute Gasteiger partial charge is 0.331 e. The Morgan fingerprint density at radius 3 is 2.04 bits per heavy atom. The average molecular weight is 368 g/mol. The van der Waals surface area contributed by atoms with Gasteiger partial charge in [0.05, 0.1) is 19.5 Å². The van der Waals surface area contributed by atoms with Crippen LogP contribution in [0, 0.1) is 5.92 Å². The van der Waals surface area contributed by atoms with Crippen molar-refractivity contribution in [2.24, 2.45) is 5.92 Å². The molecule has 0 aliphatic heterocycles. The van der Waals surface area contributed by atoms with E-state index in [4.69, 9.17) is 4.74 Å². The number of sulfone groups is 1. The van der Waals surface area contributed by atoms with Crippen molar-refractivity contribution in [1.82, 2.24) is 0 Å². The summed E-state index contributed by atoms with van der Waals surface area (Å²) in [4.78, 5) is 22.2. The van der Waals surface area contributed by atoms with Crippen LogP contribution in [0.5, 0.6) is 0 Å². The lowest BCUT2D eigenvalue weighted by atomic mass is 10.1. The van der Waals surface area contributed by atoms with E-state index in [1.807, 2.05) is 0 Å². The molecule has 0 saturated heterocycles. The number of carbonyl (C=O) groups is 2. The summed E-state index contributed by atoms with van der Waals surface area (Å²) >= 11 is 0. The molecule has 0 rings (SSSR count). The molecular weight excluding hydrogens is 344 g/mol. The van der Waals surface area contributed by atoms with E-state index in [-0.39, 0.29) is 18.3 Å². The van der Waals surface area contributed by atoms with Crippen LogP contribution in [0.15, 0.2) is 12.2 Å². The molecule has 0 radical (unpaired) electrons. The minimum absolute atomic E-state index is 0.0279. The van der Waals surface area contributed by atoms with Gasteiger partial charge in [0.1, 0.15) is 9.84 Å². The minimum Gasteiger partial charge on any atom is -0.466 e. The summed E-state index contributed by atoms with van der Waals surface area (Å²) in [5.41, 5.74) is 0. The van der Waals surface area contributed by atoms with E-state index in [0.29, 0.717) is 12.8 Å². The van der Waals surface area contributed by atoms with Crippen molar-refractivity contribution in [2.45, 2.75) is 12.8 Å². The SMILES string of the molecule is COC(=O)C=CC(=O)OCCC(C=S(C)(C)=O)CCS(C)(=O)=O. The van der Waals surface area contributed by atoms with Crippen LogP contribution in [0.2, 0.25) is 0 Å². The Bertz CT molecular complexity index is 645.